The van der Waals surface area contributed by atoms with Gasteiger partial charge < -0.3 is 14.5 Å². The van der Waals surface area contributed by atoms with Crippen LogP contribution in [0.25, 0.3) is 10.9 Å². The molecular weight excluding hydrogens is 512 g/mol. The zero-order chi connectivity index (χ0) is 20.5. The summed E-state index contributed by atoms with van der Waals surface area (Å²) in [4.78, 5) is 20.8. The minimum absolute atomic E-state index is 0.0693. The zero-order valence-corrected chi connectivity index (χ0v) is 20.5. The van der Waals surface area contributed by atoms with Crippen LogP contribution < -0.4 is 4.90 Å². The summed E-state index contributed by atoms with van der Waals surface area (Å²) in [7, 11) is 1.83. The molecule has 2 aromatic heterocycles. The van der Waals surface area contributed by atoms with Crippen molar-refractivity contribution in [2.45, 2.75) is 51.7 Å². The Bertz CT molecular complexity index is 856. The summed E-state index contributed by atoms with van der Waals surface area (Å²) in [5, 5.41) is 6.29. The Hall–Kier alpha value is -0.860. The SMILES string of the molecule is CN(C(=O)OC(C)(C)C)C1CCCCN(c2nn(PI)c3cc(Cl)ncc23)C1. The first-order valence-electron chi connectivity index (χ1n) is 9.31. The molecular formula is C18H26ClIN5O2P. The van der Waals surface area contributed by atoms with Crippen molar-refractivity contribution in [2.75, 3.05) is 25.0 Å². The van der Waals surface area contributed by atoms with Gasteiger partial charge in [0.05, 0.1) is 23.3 Å². The van der Waals surface area contributed by atoms with Crippen molar-refractivity contribution in [1.82, 2.24) is 19.4 Å². The molecule has 7 nitrogen and oxygen atoms in total. The quantitative estimate of drug-likeness (QED) is 0.310. The number of amides is 1. The fraction of sp³-hybridized carbons (Fsp3) is 0.611. The lowest BCUT2D eigenvalue weighted by Gasteiger charge is -2.32. The first-order chi connectivity index (χ1) is 13.2. The Kier molecular flexibility index (Phi) is 6.92. The van der Waals surface area contributed by atoms with E-state index in [0.717, 1.165) is 49.1 Å². The lowest BCUT2D eigenvalue weighted by molar-refractivity contribution is 0.0222. The first kappa shape index (κ1) is 21.8. The maximum atomic E-state index is 12.6. The van der Waals surface area contributed by atoms with Gasteiger partial charge >= 0.3 is 6.09 Å². The number of fused-ring (bicyclic) bond motifs is 1. The van der Waals surface area contributed by atoms with Crippen molar-refractivity contribution in [1.29, 1.82) is 0 Å². The van der Waals surface area contributed by atoms with Gasteiger partial charge in [-0.05, 0) is 62.1 Å². The number of halogens is 2. The van der Waals surface area contributed by atoms with E-state index in [1.807, 2.05) is 38.3 Å². The van der Waals surface area contributed by atoms with Crippen LogP contribution in [0.3, 0.4) is 0 Å². The predicted molar refractivity (Wildman–Crippen MR) is 124 cm³/mol. The number of hydrogen-bond acceptors (Lipinski definition) is 5. The van der Waals surface area contributed by atoms with Crippen molar-refractivity contribution in [2.24, 2.45) is 0 Å². The Labute approximate surface area is 185 Å². The van der Waals surface area contributed by atoms with Gasteiger partial charge in [-0.1, -0.05) is 11.6 Å². The zero-order valence-electron chi connectivity index (χ0n) is 16.6. The molecule has 0 N–H and O–H groups in total. The average Bonchev–Trinajstić information content (AvgIpc) is 2.81. The lowest BCUT2D eigenvalue weighted by Crippen LogP contribution is -2.46. The third-order valence-corrected chi connectivity index (χ3v) is 6.85. The van der Waals surface area contributed by atoms with Gasteiger partial charge in [-0.3, -0.25) is 0 Å². The van der Waals surface area contributed by atoms with Crippen LogP contribution in [0.4, 0.5) is 10.6 Å². The van der Waals surface area contributed by atoms with Crippen molar-refractivity contribution in [3.63, 3.8) is 0 Å². The maximum absolute atomic E-state index is 12.6. The molecule has 1 aliphatic heterocycles. The number of carbonyl (C=O) groups is 1. The van der Waals surface area contributed by atoms with Crippen molar-refractivity contribution >= 4 is 62.8 Å². The summed E-state index contributed by atoms with van der Waals surface area (Å²) >= 11 is 8.42. The molecule has 2 atom stereocenters. The van der Waals surface area contributed by atoms with Gasteiger partial charge in [-0.2, -0.15) is 0 Å². The van der Waals surface area contributed by atoms with E-state index in [1.165, 1.54) is 0 Å². The second-order valence-electron chi connectivity index (χ2n) is 8.03. The van der Waals surface area contributed by atoms with Crippen LogP contribution in [0.5, 0.6) is 0 Å². The van der Waals surface area contributed by atoms with Crippen molar-refractivity contribution < 1.29 is 9.53 Å². The third-order valence-electron chi connectivity index (χ3n) is 4.77. The standard InChI is InChI=1S/C18H26ClIN5O2P/c1-18(2,3)27-17(26)23(4)12-7-5-6-8-24(11-12)16-13-10-21-15(19)9-14(13)25(22-16)28-20/h9-10,12,28H,5-8,11H2,1-4H3. The first-order valence-corrected chi connectivity index (χ1v) is 13.7. The molecule has 1 fully saturated rings. The van der Waals surface area contributed by atoms with E-state index in [1.54, 1.807) is 11.1 Å². The fourth-order valence-corrected chi connectivity index (χ4v) is 5.04. The maximum Gasteiger partial charge on any atom is 0.410 e. The summed E-state index contributed by atoms with van der Waals surface area (Å²) in [6.45, 7) is 7.28. The number of nitrogens with zero attached hydrogens (tertiary/aromatic N) is 5. The topological polar surface area (TPSA) is 63.5 Å². The monoisotopic (exact) mass is 537 g/mol. The smallest absolute Gasteiger partial charge is 0.410 e. The van der Waals surface area contributed by atoms with Crippen LogP contribution in [0.2, 0.25) is 5.15 Å². The van der Waals surface area contributed by atoms with E-state index in [0.29, 0.717) is 11.5 Å². The summed E-state index contributed by atoms with van der Waals surface area (Å²) in [6, 6.07) is 1.93. The van der Waals surface area contributed by atoms with Gasteiger partial charge in [0.25, 0.3) is 0 Å². The highest BCUT2D eigenvalue weighted by atomic mass is 127. The molecule has 0 aliphatic carbocycles. The van der Waals surface area contributed by atoms with Gasteiger partial charge in [-0.15, -0.1) is 5.10 Å². The molecule has 3 rings (SSSR count). The second-order valence-corrected chi connectivity index (χ2v) is 10.5. The predicted octanol–water partition coefficient (Wildman–Crippen LogP) is 5.10. The van der Waals surface area contributed by atoms with E-state index in [-0.39, 0.29) is 12.1 Å². The van der Waals surface area contributed by atoms with E-state index >= 15 is 0 Å². The van der Waals surface area contributed by atoms with Gasteiger partial charge in [0, 0.05) is 32.4 Å². The lowest BCUT2D eigenvalue weighted by atomic mass is 10.1. The number of anilines is 1. The highest BCUT2D eigenvalue weighted by Crippen LogP contribution is 2.35. The molecule has 10 heteroatoms. The second kappa shape index (κ2) is 8.88. The number of ether oxygens (including phenoxy) is 1. The summed E-state index contributed by atoms with van der Waals surface area (Å²) < 4.78 is 7.53. The van der Waals surface area contributed by atoms with Gasteiger partial charge in [0.1, 0.15) is 10.8 Å². The molecule has 2 aromatic rings. The molecule has 154 valence electrons. The molecule has 1 saturated heterocycles. The molecule has 1 amide bonds. The normalized spacial score (nSPS) is 18.6. The molecule has 0 saturated carbocycles. The highest BCUT2D eigenvalue weighted by molar-refractivity contribution is 14.2. The largest absolute Gasteiger partial charge is 0.444 e. The van der Waals surface area contributed by atoms with Crippen molar-refractivity contribution in [3.05, 3.63) is 17.4 Å². The number of hydrogen-bond donors (Lipinski definition) is 0. The molecule has 0 radical (unpaired) electrons. The van der Waals surface area contributed by atoms with E-state index in [9.17, 15) is 4.79 Å². The van der Waals surface area contributed by atoms with Crippen LogP contribution in [-0.2, 0) is 4.74 Å². The summed E-state index contributed by atoms with van der Waals surface area (Å²) in [6.07, 6.45) is 5.05. The van der Waals surface area contributed by atoms with Crippen LogP contribution in [0.1, 0.15) is 40.0 Å². The van der Waals surface area contributed by atoms with E-state index in [4.69, 9.17) is 21.4 Å². The molecule has 0 spiro atoms. The van der Waals surface area contributed by atoms with E-state index in [2.05, 4.69) is 31.9 Å². The minimum atomic E-state index is -0.503. The molecule has 1 aliphatic rings. The molecule has 0 aromatic carbocycles. The third kappa shape index (κ3) is 5.00. The van der Waals surface area contributed by atoms with Crippen molar-refractivity contribution in [3.8, 4) is 0 Å². The number of pyridine rings is 1. The Morgan fingerprint density at radius 3 is 2.86 bits per heavy atom. The highest BCUT2D eigenvalue weighted by Gasteiger charge is 2.29. The van der Waals surface area contributed by atoms with Gasteiger partial charge in [-0.25, -0.2) is 14.2 Å². The summed E-state index contributed by atoms with van der Waals surface area (Å²) in [5.74, 6) is 0.910. The van der Waals surface area contributed by atoms with Gasteiger partial charge in [0.15, 0.2) is 5.82 Å². The minimum Gasteiger partial charge on any atom is -0.444 e. The van der Waals surface area contributed by atoms with Crippen LogP contribution >= 0.6 is 40.0 Å². The number of carbonyl (C=O) groups excluding carboxylic acids is 1. The molecule has 0 bridgehead atoms. The molecule has 2 unspecified atom stereocenters. The fourth-order valence-electron chi connectivity index (χ4n) is 3.38. The van der Waals surface area contributed by atoms with E-state index < -0.39 is 5.60 Å². The molecule has 28 heavy (non-hydrogen) atoms. The average molecular weight is 538 g/mol. The molecule has 3 heterocycles. The summed E-state index contributed by atoms with van der Waals surface area (Å²) in [5.41, 5.74) is 0.487. The number of rotatable bonds is 3. The van der Waals surface area contributed by atoms with Crippen LogP contribution in [-0.4, -0.2) is 57.3 Å². The number of aromatic nitrogens is 3. The van der Waals surface area contributed by atoms with Gasteiger partial charge in [0.2, 0.25) is 0 Å². The Balaban J connectivity index is 1.87. The Morgan fingerprint density at radius 2 is 2.18 bits per heavy atom. The van der Waals surface area contributed by atoms with Crippen LogP contribution in [0, 0.1) is 0 Å². The number of likely N-dealkylation sites (N-methyl/N-ethyl adjacent to an activating group) is 1. The van der Waals surface area contributed by atoms with Crippen LogP contribution in [0.15, 0.2) is 12.3 Å². The Morgan fingerprint density at radius 1 is 1.43 bits per heavy atom.